The predicted molar refractivity (Wildman–Crippen MR) is 126 cm³/mol. The fraction of sp³-hybridized carbons (Fsp3) is 0.385. The highest BCUT2D eigenvalue weighted by Crippen LogP contribution is 2.24. The lowest BCUT2D eigenvalue weighted by Gasteiger charge is -2.22. The maximum atomic E-state index is 12.5. The van der Waals surface area contributed by atoms with Crippen molar-refractivity contribution in [1.82, 2.24) is 10.6 Å². The SMILES string of the molecule is O=C(COc1ccc2c(=O)cc(-c3ccccc3)oc2c1)NCCCNC1CCCCC1. The minimum atomic E-state index is -0.165. The van der Waals surface area contributed by atoms with Crippen molar-refractivity contribution in [2.45, 2.75) is 44.6 Å². The summed E-state index contributed by atoms with van der Waals surface area (Å²) in [7, 11) is 0. The molecule has 0 unspecified atom stereocenters. The van der Waals surface area contributed by atoms with Gasteiger partial charge in [-0.15, -0.1) is 0 Å². The normalized spacial score (nSPS) is 14.4. The van der Waals surface area contributed by atoms with Crippen LogP contribution in [0.1, 0.15) is 38.5 Å². The van der Waals surface area contributed by atoms with Gasteiger partial charge in [0.1, 0.15) is 17.1 Å². The molecule has 1 heterocycles. The Morgan fingerprint density at radius 1 is 1.00 bits per heavy atom. The topological polar surface area (TPSA) is 80.6 Å². The summed E-state index contributed by atoms with van der Waals surface area (Å²) in [6.45, 7) is 1.46. The molecule has 0 saturated heterocycles. The van der Waals surface area contributed by atoms with E-state index in [4.69, 9.17) is 9.15 Å². The number of benzene rings is 2. The molecule has 0 spiro atoms. The zero-order valence-electron chi connectivity index (χ0n) is 18.3. The van der Waals surface area contributed by atoms with E-state index in [-0.39, 0.29) is 17.9 Å². The summed E-state index contributed by atoms with van der Waals surface area (Å²) in [4.78, 5) is 24.6. The summed E-state index contributed by atoms with van der Waals surface area (Å²) >= 11 is 0. The molecule has 0 bridgehead atoms. The molecule has 4 rings (SSSR count). The van der Waals surface area contributed by atoms with Crippen LogP contribution in [0.3, 0.4) is 0 Å². The highest BCUT2D eigenvalue weighted by molar-refractivity contribution is 5.80. The molecule has 1 amide bonds. The molecule has 6 heteroatoms. The zero-order valence-corrected chi connectivity index (χ0v) is 18.3. The summed E-state index contributed by atoms with van der Waals surface area (Å²) in [5.74, 6) is 0.821. The van der Waals surface area contributed by atoms with Crippen molar-refractivity contribution in [3.8, 4) is 17.1 Å². The van der Waals surface area contributed by atoms with Gasteiger partial charge in [0.2, 0.25) is 0 Å². The van der Waals surface area contributed by atoms with Crippen molar-refractivity contribution in [3.63, 3.8) is 0 Å². The number of carbonyl (C=O) groups is 1. The van der Waals surface area contributed by atoms with Gasteiger partial charge in [0.15, 0.2) is 12.0 Å². The first kappa shape index (κ1) is 22.1. The van der Waals surface area contributed by atoms with Crippen LogP contribution in [0.2, 0.25) is 0 Å². The Morgan fingerprint density at radius 3 is 2.62 bits per heavy atom. The lowest BCUT2D eigenvalue weighted by atomic mass is 9.95. The van der Waals surface area contributed by atoms with Gasteiger partial charge < -0.3 is 19.8 Å². The Morgan fingerprint density at radius 2 is 1.81 bits per heavy atom. The predicted octanol–water partition coefficient (Wildman–Crippen LogP) is 4.27. The van der Waals surface area contributed by atoms with Gasteiger partial charge in [-0.25, -0.2) is 0 Å². The van der Waals surface area contributed by atoms with E-state index in [9.17, 15) is 9.59 Å². The first-order chi connectivity index (χ1) is 15.7. The molecule has 1 saturated carbocycles. The molecule has 0 radical (unpaired) electrons. The number of amides is 1. The average Bonchev–Trinajstić information content (AvgIpc) is 2.83. The number of hydrogen-bond donors (Lipinski definition) is 2. The Bertz CT molecular complexity index is 1090. The number of fused-ring (bicyclic) bond motifs is 1. The van der Waals surface area contributed by atoms with Gasteiger partial charge in [0, 0.05) is 30.3 Å². The molecular weight excluding hydrogens is 404 g/mol. The van der Waals surface area contributed by atoms with Crippen LogP contribution in [0.25, 0.3) is 22.3 Å². The van der Waals surface area contributed by atoms with Gasteiger partial charge in [-0.05, 0) is 37.9 Å². The molecule has 1 aliphatic rings. The van der Waals surface area contributed by atoms with E-state index in [1.54, 1.807) is 18.2 Å². The second kappa shape index (κ2) is 11.0. The minimum Gasteiger partial charge on any atom is -0.484 e. The maximum absolute atomic E-state index is 12.5. The van der Waals surface area contributed by atoms with Gasteiger partial charge in [0.05, 0.1) is 5.39 Å². The second-order valence-corrected chi connectivity index (χ2v) is 8.28. The highest BCUT2D eigenvalue weighted by atomic mass is 16.5. The first-order valence-electron chi connectivity index (χ1n) is 11.5. The van der Waals surface area contributed by atoms with E-state index in [1.807, 2.05) is 30.3 Å². The van der Waals surface area contributed by atoms with Crippen molar-refractivity contribution < 1.29 is 13.9 Å². The molecule has 1 fully saturated rings. The molecule has 0 aliphatic heterocycles. The van der Waals surface area contributed by atoms with Gasteiger partial charge in [-0.1, -0.05) is 49.6 Å². The van der Waals surface area contributed by atoms with Crippen LogP contribution in [0.15, 0.2) is 63.8 Å². The minimum absolute atomic E-state index is 0.0792. The van der Waals surface area contributed by atoms with Gasteiger partial charge in [0.25, 0.3) is 5.91 Å². The Labute approximate surface area is 188 Å². The van der Waals surface area contributed by atoms with Crippen molar-refractivity contribution in [2.24, 2.45) is 0 Å². The van der Waals surface area contributed by atoms with Gasteiger partial charge in [-0.3, -0.25) is 9.59 Å². The largest absolute Gasteiger partial charge is 0.484 e. The van der Waals surface area contributed by atoms with Crippen LogP contribution in [-0.2, 0) is 4.79 Å². The standard InChI is InChI=1S/C26H30N2O4/c29-23-17-24(19-8-3-1-4-9-19)32-25-16-21(12-13-22(23)25)31-18-26(30)28-15-7-14-27-20-10-5-2-6-11-20/h1,3-4,8-9,12-13,16-17,20,27H,2,5-7,10-11,14-15,18H2,(H,28,30). The summed E-state index contributed by atoms with van der Waals surface area (Å²) in [5, 5.41) is 6.94. The Hall–Kier alpha value is -3.12. The van der Waals surface area contributed by atoms with Crippen molar-refractivity contribution in [2.75, 3.05) is 19.7 Å². The molecule has 168 valence electrons. The van der Waals surface area contributed by atoms with Crippen LogP contribution < -0.4 is 20.8 Å². The third kappa shape index (κ3) is 5.98. The fourth-order valence-corrected chi connectivity index (χ4v) is 4.10. The Kier molecular flexibility index (Phi) is 7.56. The van der Waals surface area contributed by atoms with E-state index in [2.05, 4.69) is 10.6 Å². The highest BCUT2D eigenvalue weighted by Gasteiger charge is 2.12. The molecule has 3 aromatic rings. The third-order valence-corrected chi connectivity index (χ3v) is 5.84. The number of nitrogens with one attached hydrogen (secondary N) is 2. The molecule has 2 aromatic carbocycles. The van der Waals surface area contributed by atoms with Crippen LogP contribution in [0, 0.1) is 0 Å². The molecular formula is C26H30N2O4. The number of rotatable bonds is 9. The Balaban J connectivity index is 1.27. The van der Waals surface area contributed by atoms with E-state index in [1.165, 1.54) is 38.2 Å². The van der Waals surface area contributed by atoms with Gasteiger partial charge in [-0.2, -0.15) is 0 Å². The van der Waals surface area contributed by atoms with E-state index >= 15 is 0 Å². The zero-order chi connectivity index (χ0) is 22.2. The molecule has 32 heavy (non-hydrogen) atoms. The summed E-state index contributed by atoms with van der Waals surface area (Å²) in [5.41, 5.74) is 1.15. The average molecular weight is 435 g/mol. The quantitative estimate of drug-likeness (QED) is 0.492. The van der Waals surface area contributed by atoms with E-state index in [0.29, 0.717) is 35.1 Å². The maximum Gasteiger partial charge on any atom is 0.257 e. The van der Waals surface area contributed by atoms with Crippen molar-refractivity contribution in [1.29, 1.82) is 0 Å². The van der Waals surface area contributed by atoms with Crippen molar-refractivity contribution in [3.05, 3.63) is 64.8 Å². The van der Waals surface area contributed by atoms with Crippen molar-refractivity contribution >= 4 is 16.9 Å². The summed E-state index contributed by atoms with van der Waals surface area (Å²) in [6, 6.07) is 16.6. The number of hydrogen-bond acceptors (Lipinski definition) is 5. The number of carbonyl (C=O) groups excluding carboxylic acids is 1. The van der Waals surface area contributed by atoms with E-state index < -0.39 is 0 Å². The molecule has 6 nitrogen and oxygen atoms in total. The number of ether oxygens (including phenoxy) is 1. The molecule has 1 aliphatic carbocycles. The third-order valence-electron chi connectivity index (χ3n) is 5.84. The van der Waals surface area contributed by atoms with Gasteiger partial charge >= 0.3 is 0 Å². The van der Waals surface area contributed by atoms with Crippen LogP contribution in [-0.4, -0.2) is 31.6 Å². The monoisotopic (exact) mass is 434 g/mol. The second-order valence-electron chi connectivity index (χ2n) is 8.28. The summed E-state index contributed by atoms with van der Waals surface area (Å²) in [6.07, 6.45) is 7.41. The lowest BCUT2D eigenvalue weighted by Crippen LogP contribution is -2.35. The fourth-order valence-electron chi connectivity index (χ4n) is 4.10. The molecule has 0 atom stereocenters. The first-order valence-corrected chi connectivity index (χ1v) is 11.5. The van der Waals surface area contributed by atoms with Crippen LogP contribution in [0.5, 0.6) is 5.75 Å². The molecule has 2 N–H and O–H groups in total. The van der Waals surface area contributed by atoms with E-state index in [0.717, 1.165) is 18.5 Å². The lowest BCUT2D eigenvalue weighted by molar-refractivity contribution is -0.123. The van der Waals surface area contributed by atoms with Crippen LogP contribution >= 0.6 is 0 Å². The smallest absolute Gasteiger partial charge is 0.257 e. The summed E-state index contributed by atoms with van der Waals surface area (Å²) < 4.78 is 11.6. The van der Waals surface area contributed by atoms with Crippen LogP contribution in [0.4, 0.5) is 0 Å². The molecule has 1 aromatic heterocycles.